The number of nitrogens with one attached hydrogen (secondary N) is 1. The van der Waals surface area contributed by atoms with Crippen molar-refractivity contribution in [3.8, 4) is 0 Å². The highest BCUT2D eigenvalue weighted by atomic mass is 32.1. The third kappa shape index (κ3) is 1.58. The molecule has 0 saturated heterocycles. The number of hydrogen-bond acceptors (Lipinski definition) is 3. The molecule has 2 aromatic rings. The van der Waals surface area contributed by atoms with Crippen molar-refractivity contribution in [3.05, 3.63) is 34.1 Å². The van der Waals surface area contributed by atoms with Crippen molar-refractivity contribution < 1.29 is 5.11 Å². The Labute approximate surface area is 85.2 Å². The Morgan fingerprint density at radius 1 is 1.57 bits per heavy atom. The van der Waals surface area contributed by atoms with Gasteiger partial charge < -0.3 is 5.11 Å². The van der Waals surface area contributed by atoms with E-state index in [0.717, 1.165) is 15.6 Å². The van der Waals surface area contributed by atoms with Gasteiger partial charge in [-0.2, -0.15) is 0 Å². The van der Waals surface area contributed by atoms with E-state index in [1.54, 1.807) is 6.92 Å². The molecule has 2 rings (SSSR count). The Morgan fingerprint density at radius 3 is 3.07 bits per heavy atom. The summed E-state index contributed by atoms with van der Waals surface area (Å²) in [6.45, 7) is 1.72. The summed E-state index contributed by atoms with van der Waals surface area (Å²) >= 11 is 1.34. The predicted molar refractivity (Wildman–Crippen MR) is 57.8 cm³/mol. The van der Waals surface area contributed by atoms with Crippen molar-refractivity contribution in [1.29, 1.82) is 0 Å². The maximum Gasteiger partial charge on any atom is 0.266 e. The second-order valence-electron chi connectivity index (χ2n) is 3.38. The third-order valence-corrected chi connectivity index (χ3v) is 2.96. The molecule has 3 nitrogen and oxygen atoms in total. The zero-order chi connectivity index (χ0) is 10.1. The van der Waals surface area contributed by atoms with Crippen molar-refractivity contribution >= 4 is 21.6 Å². The van der Waals surface area contributed by atoms with Crippen molar-refractivity contribution in [2.75, 3.05) is 0 Å². The van der Waals surface area contributed by atoms with Crippen LogP contribution in [0.15, 0.2) is 23.0 Å². The first-order valence-corrected chi connectivity index (χ1v) is 5.27. The number of fused-ring (bicyclic) bond motifs is 1. The zero-order valence-electron chi connectivity index (χ0n) is 7.78. The number of aliphatic hydroxyl groups is 1. The molecule has 0 bridgehead atoms. The molecule has 0 aliphatic carbocycles. The smallest absolute Gasteiger partial charge is 0.266 e. The minimum Gasteiger partial charge on any atom is -0.393 e. The van der Waals surface area contributed by atoms with Crippen LogP contribution in [-0.4, -0.2) is 15.6 Å². The summed E-state index contributed by atoms with van der Waals surface area (Å²) in [6, 6.07) is 5.70. The number of aliphatic hydroxyl groups excluding tert-OH is 1. The lowest BCUT2D eigenvalue weighted by molar-refractivity contribution is 0.196. The van der Waals surface area contributed by atoms with E-state index in [1.807, 2.05) is 18.2 Å². The molecule has 0 amide bonds. The summed E-state index contributed by atoms with van der Waals surface area (Å²) in [5.41, 5.74) is 0.862. The molecular formula is C10H11NO2S. The second-order valence-corrected chi connectivity index (χ2v) is 4.22. The average molecular weight is 209 g/mol. The van der Waals surface area contributed by atoms with Gasteiger partial charge in [0.05, 0.1) is 16.2 Å². The lowest BCUT2D eigenvalue weighted by atomic mass is 10.1. The van der Waals surface area contributed by atoms with Crippen LogP contribution in [0.2, 0.25) is 0 Å². The first-order chi connectivity index (χ1) is 6.68. The highest BCUT2D eigenvalue weighted by molar-refractivity contribution is 7.13. The van der Waals surface area contributed by atoms with Crippen molar-refractivity contribution in [1.82, 2.24) is 4.37 Å². The van der Waals surface area contributed by atoms with Gasteiger partial charge in [-0.15, -0.1) is 0 Å². The lowest BCUT2D eigenvalue weighted by Crippen LogP contribution is -2.07. The highest BCUT2D eigenvalue weighted by Gasteiger charge is 2.08. The molecule has 0 aliphatic rings. The molecule has 1 unspecified atom stereocenters. The van der Waals surface area contributed by atoms with Crippen LogP contribution in [-0.2, 0) is 6.42 Å². The maximum absolute atomic E-state index is 11.5. The first-order valence-electron chi connectivity index (χ1n) is 4.45. The van der Waals surface area contributed by atoms with Gasteiger partial charge in [-0.3, -0.25) is 9.17 Å². The quantitative estimate of drug-likeness (QED) is 0.787. The second kappa shape index (κ2) is 3.55. The van der Waals surface area contributed by atoms with E-state index in [9.17, 15) is 9.90 Å². The maximum atomic E-state index is 11.5. The van der Waals surface area contributed by atoms with Gasteiger partial charge in [0.25, 0.3) is 5.56 Å². The number of aromatic amines is 1. The normalized spacial score (nSPS) is 13.3. The Kier molecular flexibility index (Phi) is 2.39. The lowest BCUT2D eigenvalue weighted by Gasteiger charge is -2.04. The van der Waals surface area contributed by atoms with Gasteiger partial charge >= 0.3 is 0 Å². The Hall–Kier alpha value is -1.13. The van der Waals surface area contributed by atoms with E-state index < -0.39 is 6.10 Å². The molecule has 0 spiro atoms. The molecule has 0 fully saturated rings. The van der Waals surface area contributed by atoms with Crippen LogP contribution in [0, 0.1) is 0 Å². The van der Waals surface area contributed by atoms with Crippen LogP contribution in [0.5, 0.6) is 0 Å². The molecule has 1 atom stereocenters. The van der Waals surface area contributed by atoms with Crippen LogP contribution < -0.4 is 5.56 Å². The molecule has 4 heteroatoms. The molecule has 14 heavy (non-hydrogen) atoms. The fraction of sp³-hybridized carbons (Fsp3) is 0.300. The average Bonchev–Trinajstić information content (AvgIpc) is 2.48. The SMILES string of the molecule is CC(O)Cc1cccc2s[nH]c(=O)c12. The molecule has 1 aromatic heterocycles. The Bertz CT molecular complexity index is 498. The summed E-state index contributed by atoms with van der Waals surface area (Å²) in [4.78, 5) is 11.5. The number of aromatic nitrogens is 1. The molecule has 0 saturated carbocycles. The van der Waals surface area contributed by atoms with E-state index >= 15 is 0 Å². The van der Waals surface area contributed by atoms with Crippen LogP contribution in [0.1, 0.15) is 12.5 Å². The monoisotopic (exact) mass is 209 g/mol. The summed E-state index contributed by atoms with van der Waals surface area (Å²) < 4.78 is 3.65. The molecule has 74 valence electrons. The van der Waals surface area contributed by atoms with Crippen molar-refractivity contribution in [2.24, 2.45) is 0 Å². The van der Waals surface area contributed by atoms with Gasteiger partial charge in [0.2, 0.25) is 0 Å². The van der Waals surface area contributed by atoms with Gasteiger partial charge in [0.1, 0.15) is 0 Å². The topological polar surface area (TPSA) is 53.1 Å². The Morgan fingerprint density at radius 2 is 2.36 bits per heavy atom. The molecule has 0 aliphatic heterocycles. The summed E-state index contributed by atoms with van der Waals surface area (Å²) in [5.74, 6) is 0. The highest BCUT2D eigenvalue weighted by Crippen LogP contribution is 2.19. The van der Waals surface area contributed by atoms with Crippen molar-refractivity contribution in [2.45, 2.75) is 19.4 Å². The van der Waals surface area contributed by atoms with Crippen LogP contribution in [0.4, 0.5) is 0 Å². The van der Waals surface area contributed by atoms with E-state index in [-0.39, 0.29) is 5.56 Å². The number of rotatable bonds is 2. The van der Waals surface area contributed by atoms with Gasteiger partial charge in [0, 0.05) is 0 Å². The minimum absolute atomic E-state index is 0.0544. The minimum atomic E-state index is -0.417. The fourth-order valence-electron chi connectivity index (χ4n) is 1.56. The summed E-state index contributed by atoms with van der Waals surface area (Å²) in [5, 5.41) is 10.0. The zero-order valence-corrected chi connectivity index (χ0v) is 8.60. The van der Waals surface area contributed by atoms with Gasteiger partial charge in [-0.05, 0) is 25.0 Å². The third-order valence-electron chi connectivity index (χ3n) is 2.11. The van der Waals surface area contributed by atoms with Crippen LogP contribution >= 0.6 is 11.5 Å². The van der Waals surface area contributed by atoms with E-state index in [1.165, 1.54) is 11.5 Å². The number of hydrogen-bond donors (Lipinski definition) is 2. The molecule has 0 radical (unpaired) electrons. The van der Waals surface area contributed by atoms with Crippen LogP contribution in [0.3, 0.4) is 0 Å². The van der Waals surface area contributed by atoms with E-state index in [0.29, 0.717) is 6.42 Å². The molecule has 1 aromatic carbocycles. The molecule has 1 heterocycles. The largest absolute Gasteiger partial charge is 0.393 e. The molecule has 2 N–H and O–H groups in total. The van der Waals surface area contributed by atoms with Crippen molar-refractivity contribution in [3.63, 3.8) is 0 Å². The number of H-pyrrole nitrogens is 1. The van der Waals surface area contributed by atoms with Gasteiger partial charge in [-0.25, -0.2) is 0 Å². The van der Waals surface area contributed by atoms with E-state index in [2.05, 4.69) is 4.37 Å². The Balaban J connectivity index is 2.63. The van der Waals surface area contributed by atoms with Gasteiger partial charge in [-0.1, -0.05) is 23.7 Å². The summed E-state index contributed by atoms with van der Waals surface area (Å²) in [6.07, 6.45) is 0.108. The number of benzene rings is 1. The fourth-order valence-corrected chi connectivity index (χ4v) is 2.34. The standard InChI is InChI=1S/C10H11NO2S/c1-6(12)5-7-3-2-4-8-9(7)10(13)11-14-8/h2-4,6,12H,5H2,1H3,(H,11,13). The first kappa shape index (κ1) is 9.43. The van der Waals surface area contributed by atoms with Crippen LogP contribution in [0.25, 0.3) is 10.1 Å². The predicted octanol–water partition coefficient (Wildman–Crippen LogP) is 1.51. The van der Waals surface area contributed by atoms with Gasteiger partial charge in [0.15, 0.2) is 0 Å². The molecular weight excluding hydrogens is 198 g/mol. The summed E-state index contributed by atoms with van der Waals surface area (Å²) in [7, 11) is 0. The van der Waals surface area contributed by atoms with E-state index in [4.69, 9.17) is 0 Å².